The molecule has 1 heteroatoms. The number of nitrogens with zero attached hydrogens (tertiary/aromatic N) is 1. The van der Waals surface area contributed by atoms with Gasteiger partial charge in [0.25, 0.3) is 0 Å². The van der Waals surface area contributed by atoms with E-state index in [1.807, 2.05) is 0 Å². The molecule has 0 heterocycles. The second-order valence-corrected chi connectivity index (χ2v) is 21.7. The van der Waals surface area contributed by atoms with Gasteiger partial charge >= 0.3 is 0 Å². The van der Waals surface area contributed by atoms with Crippen molar-refractivity contribution in [3.05, 3.63) is 246 Å². The zero-order chi connectivity index (χ0) is 47.3. The third-order valence-electron chi connectivity index (χ3n) is 16.8. The lowest BCUT2D eigenvalue weighted by atomic mass is 9.78. The van der Waals surface area contributed by atoms with Gasteiger partial charge < -0.3 is 4.90 Å². The standard InChI is InChI=1S/C69H53N/c1-67(2)60-37-28-46-16-10-12-18-52(46)64(60)59-41-62-58(40-63(59)67)55-36-32-51(39-61(55)68(62,3)4)70(49-29-24-45(25-30-49)44-22-20-43(21-23-44)42-14-8-7-9-15-42)50-31-35-54-48(38-50)27-34-57-56-33-26-47-17-11-13-19-53(47)65(56)69(5,6)66(54)57/h7-41H,1-6H3. The van der Waals surface area contributed by atoms with Crippen LogP contribution >= 0.6 is 0 Å². The van der Waals surface area contributed by atoms with Crippen molar-refractivity contribution in [1.82, 2.24) is 0 Å². The van der Waals surface area contributed by atoms with Crippen molar-refractivity contribution in [2.75, 3.05) is 4.90 Å². The molecule has 334 valence electrons. The average Bonchev–Trinajstić information content (AvgIpc) is 3.88. The van der Waals surface area contributed by atoms with E-state index in [0.29, 0.717) is 0 Å². The third kappa shape index (κ3) is 5.73. The lowest BCUT2D eigenvalue weighted by Gasteiger charge is -2.29. The van der Waals surface area contributed by atoms with Crippen molar-refractivity contribution >= 4 is 49.4 Å². The van der Waals surface area contributed by atoms with Crippen molar-refractivity contribution in [2.24, 2.45) is 0 Å². The summed E-state index contributed by atoms with van der Waals surface area (Å²) in [5.41, 5.74) is 24.4. The van der Waals surface area contributed by atoms with Crippen LogP contribution in [0.4, 0.5) is 17.1 Å². The van der Waals surface area contributed by atoms with E-state index in [1.165, 1.54) is 121 Å². The molecule has 0 saturated carbocycles. The fraction of sp³-hybridized carbons (Fsp3) is 0.130. The molecule has 11 aromatic carbocycles. The molecule has 0 aromatic heterocycles. The van der Waals surface area contributed by atoms with Gasteiger partial charge in [0.2, 0.25) is 0 Å². The minimum Gasteiger partial charge on any atom is -0.310 e. The molecule has 0 bridgehead atoms. The maximum atomic E-state index is 2.55. The molecule has 0 N–H and O–H groups in total. The SMILES string of the molecule is CC1(C)c2cc(N(c3ccc(-c4ccc(-c5ccccc5)cc4)cc3)c3ccc4c5c(ccc4c3)-c3ccc4ccccc4c3C5(C)C)ccc2-c2cc3c(cc21)-c1c(ccc2ccccc12)C3(C)C. The Kier molecular flexibility index (Phi) is 8.50. The van der Waals surface area contributed by atoms with Crippen molar-refractivity contribution in [2.45, 2.75) is 57.8 Å². The first-order valence-electron chi connectivity index (χ1n) is 25.0. The molecule has 3 aliphatic carbocycles. The largest absolute Gasteiger partial charge is 0.310 e. The predicted octanol–water partition coefficient (Wildman–Crippen LogP) is 18.9. The molecule has 0 unspecified atom stereocenters. The molecule has 70 heavy (non-hydrogen) atoms. The molecule has 0 radical (unpaired) electrons. The zero-order valence-corrected chi connectivity index (χ0v) is 40.7. The summed E-state index contributed by atoms with van der Waals surface area (Å²) in [4.78, 5) is 2.48. The van der Waals surface area contributed by atoms with E-state index in [-0.39, 0.29) is 16.2 Å². The topological polar surface area (TPSA) is 3.24 Å². The third-order valence-corrected chi connectivity index (χ3v) is 16.8. The van der Waals surface area contributed by atoms with Crippen molar-refractivity contribution in [3.63, 3.8) is 0 Å². The van der Waals surface area contributed by atoms with Crippen LogP contribution in [-0.2, 0) is 16.2 Å². The van der Waals surface area contributed by atoms with Crippen LogP contribution in [0.25, 0.3) is 88.0 Å². The number of benzene rings is 11. The fourth-order valence-electron chi connectivity index (χ4n) is 13.2. The summed E-state index contributed by atoms with van der Waals surface area (Å²) in [5.74, 6) is 0. The normalized spacial score (nSPS) is 15.1. The summed E-state index contributed by atoms with van der Waals surface area (Å²) in [6.45, 7) is 14.5. The van der Waals surface area contributed by atoms with Crippen LogP contribution in [0.2, 0.25) is 0 Å². The smallest absolute Gasteiger partial charge is 0.0468 e. The fourth-order valence-corrected chi connectivity index (χ4v) is 13.2. The number of rotatable bonds is 5. The lowest BCUT2D eigenvalue weighted by molar-refractivity contribution is 0.652. The highest BCUT2D eigenvalue weighted by molar-refractivity contribution is 6.06. The Morgan fingerprint density at radius 3 is 1.43 bits per heavy atom. The van der Waals surface area contributed by atoms with Gasteiger partial charge in [-0.2, -0.15) is 0 Å². The molecule has 0 spiro atoms. The molecule has 0 atom stereocenters. The zero-order valence-electron chi connectivity index (χ0n) is 40.7. The van der Waals surface area contributed by atoms with E-state index in [4.69, 9.17) is 0 Å². The van der Waals surface area contributed by atoms with Crippen LogP contribution < -0.4 is 4.90 Å². The quantitative estimate of drug-likeness (QED) is 0.166. The lowest BCUT2D eigenvalue weighted by Crippen LogP contribution is -2.17. The first-order valence-corrected chi connectivity index (χ1v) is 25.0. The Hall–Kier alpha value is -8.00. The van der Waals surface area contributed by atoms with Crippen LogP contribution in [0.3, 0.4) is 0 Å². The van der Waals surface area contributed by atoms with Crippen LogP contribution in [0.1, 0.15) is 74.9 Å². The van der Waals surface area contributed by atoms with Gasteiger partial charge in [0.05, 0.1) is 0 Å². The second-order valence-electron chi connectivity index (χ2n) is 21.7. The molecule has 1 nitrogen and oxygen atoms in total. The first-order chi connectivity index (χ1) is 34.0. The summed E-state index contributed by atoms with van der Waals surface area (Å²) in [6.07, 6.45) is 0. The number of fused-ring (bicyclic) bond motifs is 15. The van der Waals surface area contributed by atoms with Gasteiger partial charge in [-0.3, -0.25) is 0 Å². The van der Waals surface area contributed by atoms with Crippen LogP contribution in [0, 0.1) is 0 Å². The molecular weight excluding hydrogens is 843 g/mol. The van der Waals surface area contributed by atoms with Gasteiger partial charge in [0.15, 0.2) is 0 Å². The highest BCUT2D eigenvalue weighted by Crippen LogP contribution is 2.59. The minimum absolute atomic E-state index is 0.106. The summed E-state index contributed by atoms with van der Waals surface area (Å²) in [7, 11) is 0. The van der Waals surface area contributed by atoms with Crippen LogP contribution in [0.5, 0.6) is 0 Å². The molecule has 0 amide bonds. The molecule has 14 rings (SSSR count). The minimum atomic E-state index is -0.219. The van der Waals surface area contributed by atoms with E-state index in [1.54, 1.807) is 0 Å². The molecule has 0 saturated heterocycles. The summed E-state index contributed by atoms with van der Waals surface area (Å²) >= 11 is 0. The Bertz CT molecular complexity index is 4000. The Morgan fingerprint density at radius 2 is 0.729 bits per heavy atom. The highest BCUT2D eigenvalue weighted by atomic mass is 15.1. The van der Waals surface area contributed by atoms with E-state index in [0.717, 1.165) is 17.1 Å². The first kappa shape index (κ1) is 41.0. The van der Waals surface area contributed by atoms with E-state index >= 15 is 0 Å². The molecular formula is C69H53N. The highest BCUT2D eigenvalue weighted by Gasteiger charge is 2.43. The second kappa shape index (κ2) is 14.5. The van der Waals surface area contributed by atoms with Gasteiger partial charge in [-0.1, -0.05) is 205 Å². The van der Waals surface area contributed by atoms with Crippen molar-refractivity contribution in [1.29, 1.82) is 0 Å². The Balaban J connectivity index is 0.901. The van der Waals surface area contributed by atoms with Gasteiger partial charge in [0.1, 0.15) is 0 Å². The average molecular weight is 896 g/mol. The van der Waals surface area contributed by atoms with Crippen LogP contribution in [-0.4, -0.2) is 0 Å². The number of anilines is 3. The summed E-state index contributed by atoms with van der Waals surface area (Å²) < 4.78 is 0. The summed E-state index contributed by atoms with van der Waals surface area (Å²) in [5, 5.41) is 7.85. The number of hydrogen-bond donors (Lipinski definition) is 0. The molecule has 3 aliphatic rings. The van der Waals surface area contributed by atoms with Gasteiger partial charge in [0, 0.05) is 33.3 Å². The summed E-state index contributed by atoms with van der Waals surface area (Å²) in [6, 6.07) is 80.1. The predicted molar refractivity (Wildman–Crippen MR) is 297 cm³/mol. The maximum Gasteiger partial charge on any atom is 0.0468 e. The molecule has 11 aromatic rings. The van der Waals surface area contributed by atoms with Crippen LogP contribution in [0.15, 0.2) is 212 Å². The van der Waals surface area contributed by atoms with Gasteiger partial charge in [-0.05, 0) is 170 Å². The van der Waals surface area contributed by atoms with Gasteiger partial charge in [-0.25, -0.2) is 0 Å². The molecule has 0 aliphatic heterocycles. The van der Waals surface area contributed by atoms with E-state index in [2.05, 4.69) is 259 Å². The van der Waals surface area contributed by atoms with Gasteiger partial charge in [-0.15, -0.1) is 0 Å². The van der Waals surface area contributed by atoms with E-state index < -0.39 is 0 Å². The maximum absolute atomic E-state index is 2.55. The van der Waals surface area contributed by atoms with E-state index in [9.17, 15) is 0 Å². The Morgan fingerprint density at radius 1 is 0.271 bits per heavy atom. The number of hydrogen-bond acceptors (Lipinski definition) is 1. The van der Waals surface area contributed by atoms with Crippen molar-refractivity contribution < 1.29 is 0 Å². The Labute approximate surface area is 411 Å². The monoisotopic (exact) mass is 895 g/mol. The van der Waals surface area contributed by atoms with Crippen molar-refractivity contribution in [3.8, 4) is 55.6 Å². The molecule has 0 fully saturated rings.